The van der Waals surface area contributed by atoms with Crippen LogP contribution in [0.1, 0.15) is 37.7 Å². The lowest BCUT2D eigenvalue weighted by Crippen LogP contribution is -2.47. The summed E-state index contributed by atoms with van der Waals surface area (Å²) < 4.78 is 0. The van der Waals surface area contributed by atoms with E-state index in [1.807, 2.05) is 31.2 Å². The molecule has 2 N–H and O–H groups in total. The van der Waals surface area contributed by atoms with Gasteiger partial charge in [-0.15, -0.1) is 0 Å². The number of rotatable bonds is 4. The number of nitrogens with zero attached hydrogens (tertiary/aromatic N) is 1. The van der Waals surface area contributed by atoms with Crippen molar-refractivity contribution in [1.29, 1.82) is 0 Å². The number of aliphatic hydroxyl groups excluding tert-OH is 1. The third kappa shape index (κ3) is 3.46. The van der Waals surface area contributed by atoms with Crippen molar-refractivity contribution in [3.63, 3.8) is 0 Å². The van der Waals surface area contributed by atoms with E-state index >= 15 is 0 Å². The summed E-state index contributed by atoms with van der Waals surface area (Å²) in [7, 11) is 0. The molecule has 1 aromatic rings. The van der Waals surface area contributed by atoms with Crippen LogP contribution in [0.4, 0.5) is 5.69 Å². The first-order valence-electron chi connectivity index (χ1n) is 8.89. The summed E-state index contributed by atoms with van der Waals surface area (Å²) in [6.45, 7) is 2.68. The highest BCUT2D eigenvalue weighted by molar-refractivity contribution is 6.09. The van der Waals surface area contributed by atoms with E-state index in [1.54, 1.807) is 4.90 Å². The Morgan fingerprint density at radius 2 is 1.92 bits per heavy atom. The van der Waals surface area contributed by atoms with E-state index in [0.29, 0.717) is 13.0 Å². The summed E-state index contributed by atoms with van der Waals surface area (Å²) in [4.78, 5) is 26.9. The molecular weight excluding hydrogens is 304 g/mol. The number of carbonyl (C=O) groups excluding carboxylic acids is 2. The number of nitrogens with one attached hydrogen (secondary N) is 1. The predicted molar refractivity (Wildman–Crippen MR) is 92.6 cm³/mol. The zero-order valence-corrected chi connectivity index (χ0v) is 14.2. The van der Waals surface area contributed by atoms with Crippen molar-refractivity contribution in [2.24, 2.45) is 11.8 Å². The Bertz CT molecular complexity index is 599. The zero-order chi connectivity index (χ0) is 17.1. The molecule has 1 saturated heterocycles. The highest BCUT2D eigenvalue weighted by atomic mass is 16.3. The van der Waals surface area contributed by atoms with Gasteiger partial charge in [-0.25, -0.2) is 0 Å². The Balaban J connectivity index is 1.64. The molecule has 1 aromatic carbocycles. The maximum absolute atomic E-state index is 12.6. The van der Waals surface area contributed by atoms with Crippen LogP contribution < -0.4 is 10.2 Å². The van der Waals surface area contributed by atoms with Crippen LogP contribution >= 0.6 is 0 Å². The summed E-state index contributed by atoms with van der Waals surface area (Å²) in [6.07, 6.45) is 4.54. The van der Waals surface area contributed by atoms with Crippen molar-refractivity contribution in [1.82, 2.24) is 5.32 Å². The largest absolute Gasteiger partial charge is 0.396 e. The topological polar surface area (TPSA) is 69.6 Å². The Hall–Kier alpha value is -1.88. The average molecular weight is 330 g/mol. The summed E-state index contributed by atoms with van der Waals surface area (Å²) in [6, 6.07) is 7.80. The predicted octanol–water partition coefficient (Wildman–Crippen LogP) is 2.02. The van der Waals surface area contributed by atoms with Gasteiger partial charge in [-0.2, -0.15) is 0 Å². The van der Waals surface area contributed by atoms with Crippen LogP contribution in [0.25, 0.3) is 0 Å². The Morgan fingerprint density at radius 1 is 1.21 bits per heavy atom. The standard InChI is InChI=1S/C19H26N2O3/c1-13-6-8-15(9-7-13)21-11-10-16(19(21)24)18(23)20-17-5-3-2-4-14(17)12-22/h6-9,14,16-17,22H,2-5,10-12H2,1H3,(H,20,23). The van der Waals surface area contributed by atoms with E-state index < -0.39 is 5.92 Å². The minimum absolute atomic E-state index is 0.00234. The van der Waals surface area contributed by atoms with E-state index in [4.69, 9.17) is 0 Å². The fourth-order valence-corrected chi connectivity index (χ4v) is 3.80. The van der Waals surface area contributed by atoms with Gasteiger partial charge in [-0.05, 0) is 38.3 Å². The van der Waals surface area contributed by atoms with Crippen molar-refractivity contribution in [3.8, 4) is 0 Å². The van der Waals surface area contributed by atoms with E-state index in [1.165, 1.54) is 0 Å². The van der Waals surface area contributed by atoms with E-state index in [2.05, 4.69) is 5.32 Å². The molecule has 3 unspecified atom stereocenters. The maximum atomic E-state index is 12.6. The lowest BCUT2D eigenvalue weighted by molar-refractivity contribution is -0.133. The molecule has 5 heteroatoms. The van der Waals surface area contributed by atoms with Crippen molar-refractivity contribution >= 4 is 17.5 Å². The van der Waals surface area contributed by atoms with Crippen LogP contribution in [0.15, 0.2) is 24.3 Å². The number of benzene rings is 1. The third-order valence-electron chi connectivity index (χ3n) is 5.34. The first-order valence-corrected chi connectivity index (χ1v) is 8.89. The van der Waals surface area contributed by atoms with E-state index in [-0.39, 0.29) is 30.4 Å². The Labute approximate surface area is 143 Å². The lowest BCUT2D eigenvalue weighted by atomic mass is 9.84. The molecule has 2 aliphatic rings. The van der Waals surface area contributed by atoms with Crippen molar-refractivity contribution in [3.05, 3.63) is 29.8 Å². The van der Waals surface area contributed by atoms with Gasteiger partial charge in [0.25, 0.3) is 0 Å². The second-order valence-corrected chi connectivity index (χ2v) is 7.01. The molecule has 2 amide bonds. The van der Waals surface area contributed by atoms with Gasteiger partial charge in [0.05, 0.1) is 0 Å². The van der Waals surface area contributed by atoms with E-state index in [0.717, 1.165) is 36.9 Å². The fraction of sp³-hybridized carbons (Fsp3) is 0.579. The molecule has 0 bridgehead atoms. The molecule has 0 radical (unpaired) electrons. The normalized spacial score (nSPS) is 27.3. The number of amides is 2. The molecule has 1 aliphatic heterocycles. The molecule has 2 fully saturated rings. The molecule has 24 heavy (non-hydrogen) atoms. The van der Waals surface area contributed by atoms with Gasteiger partial charge in [0, 0.05) is 30.8 Å². The van der Waals surface area contributed by atoms with Gasteiger partial charge in [0.15, 0.2) is 0 Å². The number of carbonyl (C=O) groups is 2. The van der Waals surface area contributed by atoms with Crippen LogP contribution in [-0.4, -0.2) is 36.1 Å². The van der Waals surface area contributed by atoms with Gasteiger partial charge in [-0.3, -0.25) is 9.59 Å². The summed E-state index contributed by atoms with van der Waals surface area (Å²) >= 11 is 0. The molecular formula is C19H26N2O3. The molecule has 3 atom stereocenters. The second-order valence-electron chi connectivity index (χ2n) is 7.01. The van der Waals surface area contributed by atoms with Gasteiger partial charge >= 0.3 is 0 Å². The minimum Gasteiger partial charge on any atom is -0.396 e. The molecule has 1 heterocycles. The second kappa shape index (κ2) is 7.34. The molecule has 1 aliphatic carbocycles. The highest BCUT2D eigenvalue weighted by Gasteiger charge is 2.39. The SMILES string of the molecule is Cc1ccc(N2CCC(C(=O)NC3CCCCC3CO)C2=O)cc1. The van der Waals surface area contributed by atoms with Gasteiger partial charge in [0.2, 0.25) is 11.8 Å². The molecule has 0 spiro atoms. The number of hydrogen-bond donors (Lipinski definition) is 2. The highest BCUT2D eigenvalue weighted by Crippen LogP contribution is 2.28. The minimum atomic E-state index is -0.604. The van der Waals surface area contributed by atoms with Crippen molar-refractivity contribution in [2.75, 3.05) is 18.1 Å². The molecule has 130 valence electrons. The number of anilines is 1. The molecule has 5 nitrogen and oxygen atoms in total. The van der Waals surface area contributed by atoms with Crippen LogP contribution in [0.2, 0.25) is 0 Å². The van der Waals surface area contributed by atoms with Crippen LogP contribution in [0, 0.1) is 18.8 Å². The summed E-state index contributed by atoms with van der Waals surface area (Å²) in [5.74, 6) is -0.785. The number of aryl methyl sites for hydroxylation is 1. The van der Waals surface area contributed by atoms with Gasteiger partial charge < -0.3 is 15.3 Å². The Morgan fingerprint density at radius 3 is 2.62 bits per heavy atom. The molecule has 3 rings (SSSR count). The van der Waals surface area contributed by atoms with Crippen molar-refractivity contribution < 1.29 is 14.7 Å². The molecule has 1 saturated carbocycles. The summed E-state index contributed by atoms with van der Waals surface area (Å²) in [5, 5.41) is 12.5. The van der Waals surface area contributed by atoms with Crippen LogP contribution in [-0.2, 0) is 9.59 Å². The van der Waals surface area contributed by atoms with Crippen LogP contribution in [0.3, 0.4) is 0 Å². The average Bonchev–Trinajstić information content (AvgIpc) is 2.98. The van der Waals surface area contributed by atoms with Gasteiger partial charge in [0.1, 0.15) is 5.92 Å². The van der Waals surface area contributed by atoms with Crippen molar-refractivity contribution in [2.45, 2.75) is 45.1 Å². The van der Waals surface area contributed by atoms with Gasteiger partial charge in [-0.1, -0.05) is 30.5 Å². The lowest BCUT2D eigenvalue weighted by Gasteiger charge is -2.31. The summed E-state index contributed by atoms with van der Waals surface area (Å²) in [5.41, 5.74) is 2.00. The molecule has 0 aromatic heterocycles. The third-order valence-corrected chi connectivity index (χ3v) is 5.34. The van der Waals surface area contributed by atoms with E-state index in [9.17, 15) is 14.7 Å². The first-order chi connectivity index (χ1) is 11.6. The van der Waals surface area contributed by atoms with Crippen LogP contribution in [0.5, 0.6) is 0 Å². The Kier molecular flexibility index (Phi) is 5.19. The quantitative estimate of drug-likeness (QED) is 0.830. The smallest absolute Gasteiger partial charge is 0.239 e. The number of aliphatic hydroxyl groups is 1. The zero-order valence-electron chi connectivity index (χ0n) is 14.2. The first kappa shape index (κ1) is 17.0. The number of hydrogen-bond acceptors (Lipinski definition) is 3. The monoisotopic (exact) mass is 330 g/mol. The maximum Gasteiger partial charge on any atom is 0.239 e. The fourth-order valence-electron chi connectivity index (χ4n) is 3.80.